The molecule has 0 saturated heterocycles. The second kappa shape index (κ2) is 4.59. The van der Waals surface area contributed by atoms with E-state index >= 15 is 0 Å². The van der Waals surface area contributed by atoms with Gasteiger partial charge in [-0.1, -0.05) is 18.5 Å². The van der Waals surface area contributed by atoms with Crippen LogP contribution in [0.15, 0.2) is 4.52 Å². The van der Waals surface area contributed by atoms with Crippen LogP contribution in [0.5, 0.6) is 0 Å². The number of aliphatic carboxylic acids is 1. The lowest BCUT2D eigenvalue weighted by Crippen LogP contribution is -2.00. The molecular formula is C8H12N2O3. The molecule has 0 spiro atoms. The van der Waals surface area contributed by atoms with Crippen molar-refractivity contribution in [1.82, 2.24) is 10.1 Å². The van der Waals surface area contributed by atoms with Gasteiger partial charge in [-0.3, -0.25) is 4.79 Å². The summed E-state index contributed by atoms with van der Waals surface area (Å²) in [7, 11) is 0. The number of hydrogen-bond acceptors (Lipinski definition) is 4. The first-order chi connectivity index (χ1) is 6.22. The molecule has 0 bridgehead atoms. The summed E-state index contributed by atoms with van der Waals surface area (Å²) in [4.78, 5) is 14.2. The Labute approximate surface area is 75.8 Å². The Bertz CT molecular complexity index is 283. The Hall–Kier alpha value is -1.39. The van der Waals surface area contributed by atoms with E-state index in [0.29, 0.717) is 5.82 Å². The first kappa shape index (κ1) is 9.70. The molecule has 0 aliphatic heterocycles. The number of carboxylic acid groups (broad SMARTS) is 1. The Morgan fingerprint density at radius 1 is 1.62 bits per heavy atom. The number of carboxylic acids is 1. The molecule has 72 valence electrons. The second-order valence-corrected chi connectivity index (χ2v) is 2.78. The maximum Gasteiger partial charge on any atom is 0.312 e. The van der Waals surface area contributed by atoms with E-state index < -0.39 is 5.97 Å². The van der Waals surface area contributed by atoms with Gasteiger partial charge < -0.3 is 9.63 Å². The lowest BCUT2D eigenvalue weighted by molar-refractivity contribution is -0.136. The van der Waals surface area contributed by atoms with Crippen LogP contribution in [0.25, 0.3) is 0 Å². The predicted octanol–water partition coefficient (Wildman–Crippen LogP) is 1.04. The van der Waals surface area contributed by atoms with Crippen molar-refractivity contribution >= 4 is 5.97 Å². The van der Waals surface area contributed by atoms with Gasteiger partial charge in [0.05, 0.1) is 0 Å². The van der Waals surface area contributed by atoms with E-state index in [2.05, 4.69) is 17.1 Å². The van der Waals surface area contributed by atoms with Crippen LogP contribution >= 0.6 is 0 Å². The Balaban J connectivity index is 2.48. The molecule has 0 unspecified atom stereocenters. The molecule has 1 aromatic heterocycles. The molecule has 0 aliphatic carbocycles. The lowest BCUT2D eigenvalue weighted by atomic mass is 10.2. The van der Waals surface area contributed by atoms with Gasteiger partial charge in [0.1, 0.15) is 6.42 Å². The molecule has 13 heavy (non-hydrogen) atoms. The van der Waals surface area contributed by atoms with Crippen LogP contribution in [0.3, 0.4) is 0 Å². The third-order valence-corrected chi connectivity index (χ3v) is 1.57. The van der Waals surface area contributed by atoms with E-state index in [1.165, 1.54) is 0 Å². The van der Waals surface area contributed by atoms with E-state index in [1.807, 2.05) is 0 Å². The molecule has 0 amide bonds. The second-order valence-electron chi connectivity index (χ2n) is 2.78. The van der Waals surface area contributed by atoms with Crippen molar-refractivity contribution in [3.63, 3.8) is 0 Å². The summed E-state index contributed by atoms with van der Waals surface area (Å²) in [5.41, 5.74) is 0. The quantitative estimate of drug-likeness (QED) is 0.739. The molecule has 1 heterocycles. The topological polar surface area (TPSA) is 76.2 Å². The normalized spacial score (nSPS) is 10.2. The fourth-order valence-corrected chi connectivity index (χ4v) is 0.928. The molecule has 0 fully saturated rings. The number of unbranched alkanes of at least 4 members (excludes halogenated alkanes) is 1. The summed E-state index contributed by atoms with van der Waals surface area (Å²) >= 11 is 0. The number of aryl methyl sites for hydroxylation is 1. The molecule has 0 radical (unpaired) electrons. The SMILES string of the molecule is CCCCc1noc(CC(=O)O)n1. The molecule has 0 aliphatic rings. The number of rotatable bonds is 5. The van der Waals surface area contributed by atoms with Gasteiger partial charge in [0, 0.05) is 6.42 Å². The average Bonchev–Trinajstić information content (AvgIpc) is 2.48. The van der Waals surface area contributed by atoms with Crippen LogP contribution in [-0.4, -0.2) is 21.2 Å². The summed E-state index contributed by atoms with van der Waals surface area (Å²) in [5.74, 6) is -0.178. The molecule has 0 aromatic carbocycles. The van der Waals surface area contributed by atoms with Crippen LogP contribution in [-0.2, 0) is 17.6 Å². The van der Waals surface area contributed by atoms with Crippen molar-refractivity contribution < 1.29 is 14.4 Å². The van der Waals surface area contributed by atoms with E-state index in [4.69, 9.17) is 9.63 Å². The van der Waals surface area contributed by atoms with Gasteiger partial charge in [-0.2, -0.15) is 4.98 Å². The Morgan fingerprint density at radius 2 is 2.38 bits per heavy atom. The van der Waals surface area contributed by atoms with Crippen LogP contribution in [0.4, 0.5) is 0 Å². The van der Waals surface area contributed by atoms with Gasteiger partial charge in [0.25, 0.3) is 0 Å². The Morgan fingerprint density at radius 3 is 3.00 bits per heavy atom. The number of nitrogens with zero attached hydrogens (tertiary/aromatic N) is 2. The minimum atomic E-state index is -0.953. The standard InChI is InChI=1S/C8H12N2O3/c1-2-3-4-6-9-7(13-10-6)5-8(11)12/h2-5H2,1H3,(H,11,12). The predicted molar refractivity (Wildman–Crippen MR) is 44.2 cm³/mol. The summed E-state index contributed by atoms with van der Waals surface area (Å²) in [6, 6.07) is 0. The van der Waals surface area contributed by atoms with Gasteiger partial charge >= 0.3 is 5.97 Å². The molecule has 1 N–H and O–H groups in total. The monoisotopic (exact) mass is 184 g/mol. The van der Waals surface area contributed by atoms with E-state index in [9.17, 15) is 4.79 Å². The van der Waals surface area contributed by atoms with Crippen LogP contribution < -0.4 is 0 Å². The van der Waals surface area contributed by atoms with E-state index in [1.54, 1.807) is 0 Å². The highest BCUT2D eigenvalue weighted by molar-refractivity contribution is 5.68. The van der Waals surface area contributed by atoms with Gasteiger partial charge in [-0.15, -0.1) is 0 Å². The zero-order valence-electron chi connectivity index (χ0n) is 7.49. The summed E-state index contributed by atoms with van der Waals surface area (Å²) < 4.78 is 4.73. The average molecular weight is 184 g/mol. The largest absolute Gasteiger partial charge is 0.481 e. The van der Waals surface area contributed by atoms with Crippen molar-refractivity contribution in [2.45, 2.75) is 32.6 Å². The summed E-state index contributed by atoms with van der Waals surface area (Å²) in [5, 5.41) is 12.1. The van der Waals surface area contributed by atoms with Crippen LogP contribution in [0.2, 0.25) is 0 Å². The van der Waals surface area contributed by atoms with Crippen LogP contribution in [0, 0.1) is 0 Å². The van der Waals surface area contributed by atoms with Crippen molar-refractivity contribution in [2.24, 2.45) is 0 Å². The molecular weight excluding hydrogens is 172 g/mol. The minimum absolute atomic E-state index is 0.179. The van der Waals surface area contributed by atoms with Crippen molar-refractivity contribution in [2.75, 3.05) is 0 Å². The number of aromatic nitrogens is 2. The molecule has 1 rings (SSSR count). The maximum atomic E-state index is 10.3. The first-order valence-corrected chi connectivity index (χ1v) is 4.25. The van der Waals surface area contributed by atoms with Crippen molar-refractivity contribution in [3.8, 4) is 0 Å². The van der Waals surface area contributed by atoms with Gasteiger partial charge in [-0.25, -0.2) is 0 Å². The highest BCUT2D eigenvalue weighted by atomic mass is 16.5. The molecule has 5 heteroatoms. The smallest absolute Gasteiger partial charge is 0.312 e. The highest BCUT2D eigenvalue weighted by Crippen LogP contribution is 2.02. The zero-order valence-corrected chi connectivity index (χ0v) is 7.49. The molecule has 1 aromatic rings. The number of hydrogen-bond donors (Lipinski definition) is 1. The highest BCUT2D eigenvalue weighted by Gasteiger charge is 2.08. The third-order valence-electron chi connectivity index (χ3n) is 1.57. The van der Waals surface area contributed by atoms with Crippen molar-refractivity contribution in [3.05, 3.63) is 11.7 Å². The lowest BCUT2D eigenvalue weighted by Gasteiger charge is -1.87. The van der Waals surface area contributed by atoms with Crippen molar-refractivity contribution in [1.29, 1.82) is 0 Å². The molecule has 0 saturated carbocycles. The zero-order chi connectivity index (χ0) is 9.68. The fourth-order valence-electron chi connectivity index (χ4n) is 0.928. The van der Waals surface area contributed by atoms with Gasteiger partial charge in [-0.05, 0) is 6.42 Å². The first-order valence-electron chi connectivity index (χ1n) is 4.25. The molecule has 0 atom stereocenters. The van der Waals surface area contributed by atoms with Gasteiger partial charge in [0.15, 0.2) is 5.82 Å². The van der Waals surface area contributed by atoms with Gasteiger partial charge in [0.2, 0.25) is 5.89 Å². The third kappa shape index (κ3) is 3.23. The minimum Gasteiger partial charge on any atom is -0.481 e. The van der Waals surface area contributed by atoms with E-state index in [0.717, 1.165) is 19.3 Å². The summed E-state index contributed by atoms with van der Waals surface area (Å²) in [6.45, 7) is 2.07. The molecule has 5 nitrogen and oxygen atoms in total. The maximum absolute atomic E-state index is 10.3. The fraction of sp³-hybridized carbons (Fsp3) is 0.625. The van der Waals surface area contributed by atoms with Crippen LogP contribution in [0.1, 0.15) is 31.5 Å². The summed E-state index contributed by atoms with van der Waals surface area (Å²) in [6.07, 6.45) is 2.60. The number of carbonyl (C=O) groups is 1. The Kier molecular flexibility index (Phi) is 3.42. The van der Waals surface area contributed by atoms with E-state index in [-0.39, 0.29) is 12.3 Å².